The molecule has 2 N–H and O–H groups in total. The first kappa shape index (κ1) is 41.1. The van der Waals surface area contributed by atoms with Gasteiger partial charge in [-0.25, -0.2) is 0 Å². The Labute approximate surface area is 255 Å². The minimum Gasteiger partial charge on any atom is -0.372 e. The largest absolute Gasteiger partial charge is 0.531 e. The predicted molar refractivity (Wildman–Crippen MR) is 171 cm³/mol. The van der Waals surface area contributed by atoms with Crippen molar-refractivity contribution in [3.63, 3.8) is 0 Å². The molecule has 0 aliphatic heterocycles. The second-order valence-electron chi connectivity index (χ2n) is 10.7. The third-order valence-corrected chi connectivity index (χ3v) is 14.1. The number of nitrogens with two attached hydrogens (primary N) is 1. The van der Waals surface area contributed by atoms with Crippen LogP contribution in [-0.4, -0.2) is 86.5 Å². The first-order valence-electron chi connectivity index (χ1n) is 16.5. The maximum atomic E-state index is 7.08. The number of hydrogen-bond donors (Lipinski definition) is 1. The van der Waals surface area contributed by atoms with Gasteiger partial charge in [-0.15, -0.1) is 0 Å². The fourth-order valence-electron chi connectivity index (χ4n) is 4.95. The van der Waals surface area contributed by atoms with E-state index in [1.165, 1.54) is 0 Å². The van der Waals surface area contributed by atoms with Crippen molar-refractivity contribution in [1.29, 1.82) is 0 Å². The number of ether oxygens (including phenoxy) is 2. The number of rotatable bonds is 28. The molecule has 0 saturated carbocycles. The van der Waals surface area contributed by atoms with Crippen molar-refractivity contribution in [1.82, 2.24) is 0 Å². The average Bonchev–Trinajstić information content (AvgIpc) is 2.92. The summed E-state index contributed by atoms with van der Waals surface area (Å²) in [4.78, 5) is 0. The van der Waals surface area contributed by atoms with E-state index in [0.717, 1.165) is 51.4 Å². The molecular weight excluding hydrogens is 559 g/mol. The molecule has 0 saturated heterocycles. The summed E-state index contributed by atoms with van der Waals surface area (Å²) < 4.78 is 51.3. The van der Waals surface area contributed by atoms with Gasteiger partial charge in [-0.1, -0.05) is 52.4 Å². The molecule has 0 heterocycles. The minimum absolute atomic E-state index is 0.330. The molecule has 0 spiro atoms. The smallest absolute Gasteiger partial charge is 0.372 e. The standard InChI is InChI=1S/C30H67NO8Si2/c1-12-20-22-24-28(40(32-14-3,33-15-4)34-16-5)38-26(9)30(11,31)27(10)39-29(25-23-21-13-2)41(35-17-6,36-18-7)37-19-8/h26-29H,12-25,31H2,1-11H3. The Balaban J connectivity index is 6.22. The Hall–Kier alpha value is 0.0738. The zero-order valence-corrected chi connectivity index (χ0v) is 30.6. The first-order valence-corrected chi connectivity index (χ1v) is 20.1. The van der Waals surface area contributed by atoms with E-state index in [9.17, 15) is 0 Å². The highest BCUT2D eigenvalue weighted by Crippen LogP contribution is 2.31. The molecular formula is C30H67NO8Si2. The Morgan fingerprint density at radius 1 is 0.512 bits per heavy atom. The SMILES string of the molecule is CCCCCC(OC(C)C(C)(N)C(C)OC(CCCCC)[Si](OCC)(OCC)OCC)[Si](OCC)(OCC)OCC. The Kier molecular flexibility index (Phi) is 22.6. The Morgan fingerprint density at radius 2 is 0.780 bits per heavy atom. The molecule has 4 atom stereocenters. The molecule has 0 amide bonds. The summed E-state index contributed by atoms with van der Waals surface area (Å²) >= 11 is 0. The highest BCUT2D eigenvalue weighted by Gasteiger charge is 2.54. The van der Waals surface area contributed by atoms with Gasteiger partial charge in [0.2, 0.25) is 0 Å². The van der Waals surface area contributed by atoms with Crippen molar-refractivity contribution in [2.45, 2.75) is 157 Å². The van der Waals surface area contributed by atoms with Crippen molar-refractivity contribution in [3.8, 4) is 0 Å². The lowest BCUT2D eigenvalue weighted by Gasteiger charge is -2.44. The van der Waals surface area contributed by atoms with E-state index in [-0.39, 0.29) is 23.7 Å². The molecule has 0 aromatic heterocycles. The molecule has 0 aliphatic carbocycles. The summed E-state index contributed by atoms with van der Waals surface area (Å²) in [6.07, 6.45) is 7.21. The van der Waals surface area contributed by atoms with Crippen LogP contribution in [-0.2, 0) is 36.0 Å². The van der Waals surface area contributed by atoms with Gasteiger partial charge in [-0.2, -0.15) is 0 Å². The van der Waals surface area contributed by atoms with Crippen molar-refractivity contribution >= 4 is 17.6 Å². The van der Waals surface area contributed by atoms with Crippen molar-refractivity contribution in [3.05, 3.63) is 0 Å². The molecule has 11 heteroatoms. The minimum atomic E-state index is -3.14. The third-order valence-electron chi connectivity index (χ3n) is 7.49. The summed E-state index contributed by atoms with van der Waals surface area (Å²) in [5.41, 5.74) is 5.57. The van der Waals surface area contributed by atoms with Crippen LogP contribution in [0, 0.1) is 0 Å². The van der Waals surface area contributed by atoms with Gasteiger partial charge >= 0.3 is 17.6 Å². The number of unbranched alkanes of at least 4 members (excludes halogenated alkanes) is 4. The first-order chi connectivity index (χ1) is 19.5. The van der Waals surface area contributed by atoms with Crippen LogP contribution >= 0.6 is 0 Å². The van der Waals surface area contributed by atoms with Gasteiger partial charge in [0.1, 0.15) is 11.5 Å². The maximum absolute atomic E-state index is 7.08. The molecule has 0 radical (unpaired) electrons. The Bertz CT molecular complexity index is 547. The highest BCUT2D eigenvalue weighted by atomic mass is 28.4. The second kappa shape index (κ2) is 22.6. The molecule has 0 aliphatic rings. The molecule has 248 valence electrons. The van der Waals surface area contributed by atoms with Crippen LogP contribution in [0.3, 0.4) is 0 Å². The van der Waals surface area contributed by atoms with Crippen molar-refractivity contribution < 1.29 is 36.0 Å². The molecule has 0 aromatic rings. The van der Waals surface area contributed by atoms with E-state index in [4.69, 9.17) is 41.8 Å². The lowest BCUT2D eigenvalue weighted by Crippen LogP contribution is -2.65. The second-order valence-corrected chi connectivity index (χ2v) is 16.1. The summed E-state index contributed by atoms with van der Waals surface area (Å²) in [7, 11) is -6.28. The lowest BCUT2D eigenvalue weighted by molar-refractivity contribution is -0.113. The van der Waals surface area contributed by atoms with Crippen LogP contribution in [0.25, 0.3) is 0 Å². The quantitative estimate of drug-likeness (QED) is 0.0763. The fourth-order valence-corrected chi connectivity index (χ4v) is 10.8. The van der Waals surface area contributed by atoms with Gasteiger partial charge in [0, 0.05) is 39.6 Å². The summed E-state index contributed by atoms with van der Waals surface area (Å²) in [6.45, 7) is 25.2. The zero-order valence-electron chi connectivity index (χ0n) is 28.6. The van der Waals surface area contributed by atoms with Gasteiger partial charge in [-0.3, -0.25) is 0 Å². The molecule has 0 rings (SSSR count). The third kappa shape index (κ3) is 13.3. The van der Waals surface area contributed by atoms with Crippen molar-refractivity contribution in [2.75, 3.05) is 39.6 Å². The topological polar surface area (TPSA) is 99.9 Å². The summed E-state index contributed by atoms with van der Waals surface area (Å²) in [6, 6.07) is 0. The fraction of sp³-hybridized carbons (Fsp3) is 1.00. The van der Waals surface area contributed by atoms with Crippen LogP contribution in [0.1, 0.15) is 128 Å². The molecule has 9 nitrogen and oxygen atoms in total. The van der Waals surface area contributed by atoms with E-state index in [1.807, 2.05) is 62.3 Å². The normalized spacial score (nSPS) is 17.3. The average molecular weight is 626 g/mol. The van der Waals surface area contributed by atoms with E-state index < -0.39 is 23.1 Å². The summed E-state index contributed by atoms with van der Waals surface area (Å²) in [5, 5.41) is 0. The zero-order chi connectivity index (χ0) is 31.4. The van der Waals surface area contributed by atoms with Crippen LogP contribution in [0.4, 0.5) is 0 Å². The van der Waals surface area contributed by atoms with E-state index in [2.05, 4.69) is 13.8 Å². The van der Waals surface area contributed by atoms with Crippen LogP contribution in [0.15, 0.2) is 0 Å². The maximum Gasteiger partial charge on any atom is 0.531 e. The number of hydrogen-bond acceptors (Lipinski definition) is 9. The van der Waals surface area contributed by atoms with Crippen LogP contribution < -0.4 is 5.73 Å². The van der Waals surface area contributed by atoms with Crippen LogP contribution in [0.5, 0.6) is 0 Å². The van der Waals surface area contributed by atoms with E-state index in [0.29, 0.717) is 39.6 Å². The van der Waals surface area contributed by atoms with Crippen molar-refractivity contribution in [2.24, 2.45) is 5.73 Å². The molecule has 4 unspecified atom stereocenters. The predicted octanol–water partition coefficient (Wildman–Crippen LogP) is 6.59. The lowest BCUT2D eigenvalue weighted by atomic mass is 9.91. The molecule has 0 fully saturated rings. The van der Waals surface area contributed by atoms with Gasteiger partial charge in [0.25, 0.3) is 0 Å². The molecule has 0 aromatic carbocycles. The Morgan fingerprint density at radius 3 is 1.00 bits per heavy atom. The van der Waals surface area contributed by atoms with Gasteiger partial charge in [-0.05, 0) is 75.2 Å². The van der Waals surface area contributed by atoms with Gasteiger partial charge in [0.05, 0.1) is 17.7 Å². The van der Waals surface area contributed by atoms with E-state index >= 15 is 0 Å². The van der Waals surface area contributed by atoms with Gasteiger partial charge < -0.3 is 41.8 Å². The molecule has 41 heavy (non-hydrogen) atoms. The van der Waals surface area contributed by atoms with E-state index in [1.54, 1.807) is 0 Å². The highest BCUT2D eigenvalue weighted by molar-refractivity contribution is 6.62. The summed E-state index contributed by atoms with van der Waals surface area (Å²) in [5.74, 6) is 0. The van der Waals surface area contributed by atoms with Gasteiger partial charge in [0.15, 0.2) is 0 Å². The molecule has 0 bridgehead atoms. The van der Waals surface area contributed by atoms with Crippen LogP contribution in [0.2, 0.25) is 0 Å². The monoisotopic (exact) mass is 625 g/mol.